The molecule has 0 aromatic heterocycles. The van der Waals surface area contributed by atoms with Crippen molar-refractivity contribution >= 4 is 0 Å². The molecule has 1 fully saturated rings. The predicted octanol–water partition coefficient (Wildman–Crippen LogP) is -0.643. The van der Waals surface area contributed by atoms with E-state index in [0.717, 1.165) is 19.6 Å². The van der Waals surface area contributed by atoms with E-state index in [1.54, 1.807) is 0 Å². The number of ether oxygens (including phenoxy) is 1. The Bertz CT molecular complexity index is 71.5. The van der Waals surface area contributed by atoms with Crippen molar-refractivity contribution in [2.45, 2.75) is 12.5 Å². The normalized spacial score (nSPS) is 27.0. The third-order valence-corrected chi connectivity index (χ3v) is 1.47. The summed E-state index contributed by atoms with van der Waals surface area (Å²) < 4.78 is 5.11. The molecule has 1 aliphatic rings. The van der Waals surface area contributed by atoms with Crippen molar-refractivity contribution in [1.82, 2.24) is 5.32 Å². The molecule has 0 aromatic rings. The van der Waals surface area contributed by atoms with Gasteiger partial charge in [-0.25, -0.2) is 0 Å². The second-order valence-electron chi connectivity index (χ2n) is 2.24. The van der Waals surface area contributed by atoms with Crippen LogP contribution in [0.5, 0.6) is 0 Å². The summed E-state index contributed by atoms with van der Waals surface area (Å²) >= 11 is 0. The Labute approximate surface area is 55.0 Å². The smallest absolute Gasteiger partial charge is 0.0620 e. The molecule has 0 radical (unpaired) electrons. The summed E-state index contributed by atoms with van der Waals surface area (Å²) in [5.41, 5.74) is 0. The topological polar surface area (TPSA) is 41.5 Å². The van der Waals surface area contributed by atoms with Gasteiger partial charge in [-0.2, -0.15) is 0 Å². The third-order valence-electron chi connectivity index (χ3n) is 1.47. The first-order chi connectivity index (χ1) is 4.43. The predicted molar refractivity (Wildman–Crippen MR) is 34.3 cm³/mol. The van der Waals surface area contributed by atoms with Crippen LogP contribution in [0, 0.1) is 0 Å². The van der Waals surface area contributed by atoms with Gasteiger partial charge in [0.2, 0.25) is 0 Å². The van der Waals surface area contributed by atoms with Gasteiger partial charge in [0.05, 0.1) is 13.2 Å². The van der Waals surface area contributed by atoms with E-state index < -0.39 is 0 Å². The zero-order valence-corrected chi connectivity index (χ0v) is 5.47. The van der Waals surface area contributed by atoms with Crippen LogP contribution in [0.1, 0.15) is 6.42 Å². The van der Waals surface area contributed by atoms with Crippen molar-refractivity contribution in [2.24, 2.45) is 0 Å². The Kier molecular flexibility index (Phi) is 2.97. The van der Waals surface area contributed by atoms with Crippen molar-refractivity contribution in [3.8, 4) is 0 Å². The van der Waals surface area contributed by atoms with E-state index >= 15 is 0 Å². The molecule has 1 aliphatic heterocycles. The molecule has 2 N–H and O–H groups in total. The Morgan fingerprint density at radius 1 is 1.67 bits per heavy atom. The van der Waals surface area contributed by atoms with Crippen LogP contribution < -0.4 is 5.32 Å². The van der Waals surface area contributed by atoms with Gasteiger partial charge in [0, 0.05) is 19.2 Å². The Hall–Kier alpha value is -0.120. The highest BCUT2D eigenvalue weighted by Gasteiger charge is 2.13. The monoisotopic (exact) mass is 131 g/mol. The second-order valence-corrected chi connectivity index (χ2v) is 2.24. The summed E-state index contributed by atoms with van der Waals surface area (Å²) in [5.74, 6) is 0. The molecule has 54 valence electrons. The molecule has 0 spiro atoms. The highest BCUT2D eigenvalue weighted by atomic mass is 16.5. The van der Waals surface area contributed by atoms with Crippen LogP contribution in [0.3, 0.4) is 0 Å². The van der Waals surface area contributed by atoms with Crippen LogP contribution in [0.25, 0.3) is 0 Å². The highest BCUT2D eigenvalue weighted by molar-refractivity contribution is 4.69. The fraction of sp³-hybridized carbons (Fsp3) is 1.00. The van der Waals surface area contributed by atoms with Gasteiger partial charge in [-0.15, -0.1) is 0 Å². The van der Waals surface area contributed by atoms with Gasteiger partial charge < -0.3 is 15.2 Å². The molecule has 1 atom stereocenters. The van der Waals surface area contributed by atoms with Gasteiger partial charge >= 0.3 is 0 Å². The number of nitrogens with one attached hydrogen (secondary N) is 1. The lowest BCUT2D eigenvalue weighted by molar-refractivity contribution is 0.188. The molecular formula is C6H13NO2. The minimum Gasteiger partial charge on any atom is -0.395 e. The van der Waals surface area contributed by atoms with E-state index in [1.807, 2.05) is 0 Å². The van der Waals surface area contributed by atoms with Crippen LogP contribution in [-0.4, -0.2) is 37.5 Å². The quantitative estimate of drug-likeness (QED) is 0.535. The molecule has 0 bridgehead atoms. The van der Waals surface area contributed by atoms with Crippen LogP contribution in [0.15, 0.2) is 0 Å². The standard InChI is InChI=1S/C6H13NO2/c8-3-2-7-6-1-4-9-5-6/h6-8H,1-5H2. The molecule has 3 nitrogen and oxygen atoms in total. The van der Waals surface area contributed by atoms with E-state index in [1.165, 1.54) is 0 Å². The number of hydrogen-bond acceptors (Lipinski definition) is 3. The van der Waals surface area contributed by atoms with E-state index in [4.69, 9.17) is 9.84 Å². The molecule has 1 saturated heterocycles. The zero-order chi connectivity index (χ0) is 6.53. The number of aliphatic hydroxyl groups is 1. The van der Waals surface area contributed by atoms with Crippen molar-refractivity contribution in [3.05, 3.63) is 0 Å². The summed E-state index contributed by atoms with van der Waals surface area (Å²) in [7, 11) is 0. The first-order valence-electron chi connectivity index (χ1n) is 3.35. The van der Waals surface area contributed by atoms with Gasteiger partial charge in [0.15, 0.2) is 0 Å². The zero-order valence-electron chi connectivity index (χ0n) is 5.47. The lowest BCUT2D eigenvalue weighted by Crippen LogP contribution is -2.31. The largest absolute Gasteiger partial charge is 0.395 e. The maximum atomic E-state index is 8.42. The molecule has 0 amide bonds. The average molecular weight is 131 g/mol. The molecule has 9 heavy (non-hydrogen) atoms. The minimum atomic E-state index is 0.219. The molecule has 1 rings (SSSR count). The summed E-state index contributed by atoms with van der Waals surface area (Å²) in [6, 6.07) is 0.483. The Balaban J connectivity index is 1.98. The summed E-state index contributed by atoms with van der Waals surface area (Å²) in [5, 5.41) is 11.6. The first-order valence-corrected chi connectivity index (χ1v) is 3.35. The number of hydrogen-bond donors (Lipinski definition) is 2. The minimum absolute atomic E-state index is 0.219. The lowest BCUT2D eigenvalue weighted by Gasteiger charge is -2.06. The van der Waals surface area contributed by atoms with Crippen LogP contribution in [0.2, 0.25) is 0 Å². The Morgan fingerprint density at radius 3 is 3.11 bits per heavy atom. The first kappa shape index (κ1) is 6.99. The van der Waals surface area contributed by atoms with Gasteiger partial charge in [-0.3, -0.25) is 0 Å². The maximum Gasteiger partial charge on any atom is 0.0620 e. The van der Waals surface area contributed by atoms with Crippen LogP contribution >= 0.6 is 0 Å². The van der Waals surface area contributed by atoms with Crippen LogP contribution in [-0.2, 0) is 4.74 Å². The summed E-state index contributed by atoms with van der Waals surface area (Å²) in [4.78, 5) is 0. The Morgan fingerprint density at radius 2 is 2.56 bits per heavy atom. The molecule has 1 unspecified atom stereocenters. The number of aliphatic hydroxyl groups excluding tert-OH is 1. The van der Waals surface area contributed by atoms with E-state index in [9.17, 15) is 0 Å². The average Bonchev–Trinajstić information content (AvgIpc) is 2.34. The maximum absolute atomic E-state index is 8.42. The highest BCUT2D eigenvalue weighted by Crippen LogP contribution is 2.01. The van der Waals surface area contributed by atoms with Gasteiger partial charge in [0.1, 0.15) is 0 Å². The van der Waals surface area contributed by atoms with Crippen LogP contribution in [0.4, 0.5) is 0 Å². The van der Waals surface area contributed by atoms with Crippen molar-refractivity contribution in [1.29, 1.82) is 0 Å². The molecule has 0 aromatic carbocycles. The molecule has 1 heterocycles. The van der Waals surface area contributed by atoms with Crippen molar-refractivity contribution in [3.63, 3.8) is 0 Å². The second kappa shape index (κ2) is 3.82. The third kappa shape index (κ3) is 2.30. The molecular weight excluding hydrogens is 118 g/mol. The fourth-order valence-electron chi connectivity index (χ4n) is 0.964. The van der Waals surface area contributed by atoms with Gasteiger partial charge in [-0.1, -0.05) is 0 Å². The molecule has 0 aliphatic carbocycles. The van der Waals surface area contributed by atoms with Gasteiger partial charge in [0.25, 0.3) is 0 Å². The van der Waals surface area contributed by atoms with E-state index in [0.29, 0.717) is 12.6 Å². The SMILES string of the molecule is OCCNC1CCOC1. The molecule has 3 heteroatoms. The summed E-state index contributed by atoms with van der Waals surface area (Å²) in [6.45, 7) is 2.58. The van der Waals surface area contributed by atoms with E-state index in [2.05, 4.69) is 5.32 Å². The number of rotatable bonds is 3. The van der Waals surface area contributed by atoms with Crippen molar-refractivity contribution < 1.29 is 9.84 Å². The lowest BCUT2D eigenvalue weighted by atomic mass is 10.3. The fourth-order valence-corrected chi connectivity index (χ4v) is 0.964. The summed E-state index contributed by atoms with van der Waals surface area (Å²) in [6.07, 6.45) is 1.08. The molecule has 0 saturated carbocycles. The van der Waals surface area contributed by atoms with Crippen molar-refractivity contribution in [2.75, 3.05) is 26.4 Å². The van der Waals surface area contributed by atoms with Gasteiger partial charge in [-0.05, 0) is 6.42 Å². The van der Waals surface area contributed by atoms with E-state index in [-0.39, 0.29) is 6.61 Å².